The maximum Gasteiger partial charge on any atom is 0.252 e. The maximum absolute atomic E-state index is 13.3. The van der Waals surface area contributed by atoms with Gasteiger partial charge < -0.3 is 15.2 Å². The second-order valence-electron chi connectivity index (χ2n) is 4.92. The number of hydrogen-bond acceptors (Lipinski definition) is 3. The Labute approximate surface area is 111 Å². The molecule has 1 saturated carbocycles. The molecule has 0 aromatic heterocycles. The van der Waals surface area contributed by atoms with Crippen LogP contribution < -0.4 is 10.1 Å². The summed E-state index contributed by atoms with van der Waals surface area (Å²) < 4.78 is 18.2. The van der Waals surface area contributed by atoms with Crippen LogP contribution in [0.5, 0.6) is 5.75 Å². The molecule has 5 heteroatoms. The fourth-order valence-corrected chi connectivity index (χ4v) is 2.37. The number of hydrogen-bond donors (Lipinski definition) is 2. The van der Waals surface area contributed by atoms with E-state index in [1.54, 1.807) is 6.07 Å². The number of methoxy groups -OCH3 is 1. The molecule has 1 aliphatic rings. The van der Waals surface area contributed by atoms with Crippen LogP contribution in [0.3, 0.4) is 0 Å². The SMILES string of the molecule is COc1cc(F)cc(CNC(=O)C2(O)CCCC2)c1. The van der Waals surface area contributed by atoms with Gasteiger partial charge in [-0.05, 0) is 43.4 Å². The minimum atomic E-state index is -1.25. The summed E-state index contributed by atoms with van der Waals surface area (Å²) in [4.78, 5) is 11.9. The predicted octanol–water partition coefficient (Wildman–Crippen LogP) is 1.76. The van der Waals surface area contributed by atoms with Gasteiger partial charge in [0, 0.05) is 12.6 Å². The highest BCUT2D eigenvalue weighted by molar-refractivity contribution is 5.85. The lowest BCUT2D eigenvalue weighted by Gasteiger charge is -2.21. The Balaban J connectivity index is 1.98. The van der Waals surface area contributed by atoms with Crippen molar-refractivity contribution in [2.24, 2.45) is 0 Å². The maximum atomic E-state index is 13.3. The molecular weight excluding hydrogens is 249 g/mol. The van der Waals surface area contributed by atoms with Crippen LogP contribution in [0.4, 0.5) is 4.39 Å². The number of amides is 1. The molecular formula is C14H18FNO3. The van der Waals surface area contributed by atoms with Crippen molar-refractivity contribution in [2.45, 2.75) is 37.8 Å². The topological polar surface area (TPSA) is 58.6 Å². The average molecular weight is 267 g/mol. The summed E-state index contributed by atoms with van der Waals surface area (Å²) in [5, 5.41) is 12.7. The van der Waals surface area contributed by atoms with Crippen LogP contribution in [0.25, 0.3) is 0 Å². The molecule has 0 heterocycles. The van der Waals surface area contributed by atoms with Gasteiger partial charge in [-0.2, -0.15) is 0 Å². The van der Waals surface area contributed by atoms with Crippen LogP contribution in [0.2, 0.25) is 0 Å². The third-order valence-corrected chi connectivity index (χ3v) is 3.47. The summed E-state index contributed by atoms with van der Waals surface area (Å²) in [5.41, 5.74) is -0.649. The molecule has 1 amide bonds. The van der Waals surface area contributed by atoms with E-state index in [1.165, 1.54) is 19.2 Å². The van der Waals surface area contributed by atoms with Crippen LogP contribution in [-0.2, 0) is 11.3 Å². The number of carbonyl (C=O) groups excluding carboxylic acids is 1. The lowest BCUT2D eigenvalue weighted by Crippen LogP contribution is -2.44. The zero-order valence-corrected chi connectivity index (χ0v) is 10.9. The summed E-state index contributed by atoms with van der Waals surface area (Å²) in [7, 11) is 1.46. The molecule has 1 aromatic rings. The minimum absolute atomic E-state index is 0.176. The Hall–Kier alpha value is -1.62. The number of carbonyl (C=O) groups is 1. The van der Waals surface area contributed by atoms with Gasteiger partial charge in [0.2, 0.25) is 0 Å². The Morgan fingerprint density at radius 2 is 2.11 bits per heavy atom. The van der Waals surface area contributed by atoms with Crippen LogP contribution in [0.1, 0.15) is 31.2 Å². The predicted molar refractivity (Wildman–Crippen MR) is 68.2 cm³/mol. The van der Waals surface area contributed by atoms with E-state index in [9.17, 15) is 14.3 Å². The minimum Gasteiger partial charge on any atom is -0.497 e. The zero-order chi connectivity index (χ0) is 13.9. The smallest absolute Gasteiger partial charge is 0.252 e. The van der Waals surface area contributed by atoms with E-state index in [4.69, 9.17) is 4.74 Å². The molecule has 1 fully saturated rings. The molecule has 0 unspecified atom stereocenters. The van der Waals surface area contributed by atoms with Crippen molar-refractivity contribution in [3.05, 3.63) is 29.6 Å². The fraction of sp³-hybridized carbons (Fsp3) is 0.500. The van der Waals surface area contributed by atoms with E-state index < -0.39 is 11.4 Å². The molecule has 0 saturated heterocycles. The van der Waals surface area contributed by atoms with Crippen LogP contribution in [-0.4, -0.2) is 23.7 Å². The molecule has 104 valence electrons. The molecule has 2 N–H and O–H groups in total. The van der Waals surface area contributed by atoms with Crippen LogP contribution in [0.15, 0.2) is 18.2 Å². The molecule has 0 atom stereocenters. The van der Waals surface area contributed by atoms with Gasteiger partial charge >= 0.3 is 0 Å². The molecule has 1 aromatic carbocycles. The van der Waals surface area contributed by atoms with Gasteiger partial charge in [0.25, 0.3) is 5.91 Å². The van der Waals surface area contributed by atoms with Crippen molar-refractivity contribution in [3.8, 4) is 5.75 Å². The van der Waals surface area contributed by atoms with Gasteiger partial charge in [-0.25, -0.2) is 4.39 Å². The highest BCUT2D eigenvalue weighted by Gasteiger charge is 2.38. The van der Waals surface area contributed by atoms with Crippen molar-refractivity contribution in [3.63, 3.8) is 0 Å². The number of nitrogens with one attached hydrogen (secondary N) is 1. The van der Waals surface area contributed by atoms with E-state index in [1.807, 2.05) is 0 Å². The summed E-state index contributed by atoms with van der Waals surface area (Å²) in [6.07, 6.45) is 2.70. The first-order valence-electron chi connectivity index (χ1n) is 6.38. The van der Waals surface area contributed by atoms with Gasteiger partial charge in [0.05, 0.1) is 7.11 Å². The molecule has 0 radical (unpaired) electrons. The second-order valence-corrected chi connectivity index (χ2v) is 4.92. The van der Waals surface area contributed by atoms with E-state index >= 15 is 0 Å². The first kappa shape index (κ1) is 13.8. The fourth-order valence-electron chi connectivity index (χ4n) is 2.37. The summed E-state index contributed by atoms with van der Waals surface area (Å²) in [6.45, 7) is 0.176. The number of aliphatic hydroxyl groups is 1. The highest BCUT2D eigenvalue weighted by Crippen LogP contribution is 2.29. The van der Waals surface area contributed by atoms with Crippen molar-refractivity contribution < 1.29 is 19.0 Å². The summed E-state index contributed by atoms with van der Waals surface area (Å²) in [5.74, 6) is -0.389. The lowest BCUT2D eigenvalue weighted by atomic mass is 10.0. The highest BCUT2D eigenvalue weighted by atomic mass is 19.1. The molecule has 1 aliphatic carbocycles. The van der Waals surface area contributed by atoms with Crippen molar-refractivity contribution in [1.29, 1.82) is 0 Å². The number of benzene rings is 1. The molecule has 19 heavy (non-hydrogen) atoms. The van der Waals surface area contributed by atoms with E-state index in [0.29, 0.717) is 24.2 Å². The van der Waals surface area contributed by atoms with Gasteiger partial charge in [0.15, 0.2) is 0 Å². The van der Waals surface area contributed by atoms with Gasteiger partial charge in [-0.15, -0.1) is 0 Å². The lowest BCUT2D eigenvalue weighted by molar-refractivity contribution is -0.139. The summed E-state index contributed by atoms with van der Waals surface area (Å²) >= 11 is 0. The third kappa shape index (κ3) is 3.23. The van der Waals surface area contributed by atoms with E-state index in [-0.39, 0.29) is 12.5 Å². The van der Waals surface area contributed by atoms with Crippen LogP contribution >= 0.6 is 0 Å². The third-order valence-electron chi connectivity index (χ3n) is 3.47. The first-order valence-corrected chi connectivity index (χ1v) is 6.38. The van der Waals surface area contributed by atoms with Gasteiger partial charge in [-0.1, -0.05) is 0 Å². The summed E-state index contributed by atoms with van der Waals surface area (Å²) in [6, 6.07) is 4.26. The van der Waals surface area contributed by atoms with E-state index in [2.05, 4.69) is 5.32 Å². The number of ether oxygens (including phenoxy) is 1. The molecule has 0 spiro atoms. The normalized spacial score (nSPS) is 17.2. The van der Waals surface area contributed by atoms with Gasteiger partial charge in [-0.3, -0.25) is 4.79 Å². The number of halogens is 1. The Kier molecular flexibility index (Phi) is 4.04. The molecule has 0 bridgehead atoms. The first-order chi connectivity index (χ1) is 9.03. The van der Waals surface area contributed by atoms with Crippen LogP contribution in [0, 0.1) is 5.82 Å². The Bertz CT molecular complexity index is 470. The Morgan fingerprint density at radius 3 is 2.74 bits per heavy atom. The second kappa shape index (κ2) is 5.57. The monoisotopic (exact) mass is 267 g/mol. The number of rotatable bonds is 4. The largest absolute Gasteiger partial charge is 0.497 e. The van der Waals surface area contributed by atoms with Crippen molar-refractivity contribution >= 4 is 5.91 Å². The average Bonchev–Trinajstić information content (AvgIpc) is 2.83. The van der Waals surface area contributed by atoms with Gasteiger partial charge in [0.1, 0.15) is 17.2 Å². The standard InChI is InChI=1S/C14H18FNO3/c1-19-12-7-10(6-11(15)8-12)9-16-13(17)14(18)4-2-3-5-14/h6-8,18H,2-5,9H2,1H3,(H,16,17). The van der Waals surface area contributed by atoms with E-state index in [0.717, 1.165) is 12.8 Å². The molecule has 4 nitrogen and oxygen atoms in total. The quantitative estimate of drug-likeness (QED) is 0.874. The molecule has 0 aliphatic heterocycles. The Morgan fingerprint density at radius 1 is 1.42 bits per heavy atom. The van der Waals surface area contributed by atoms with Crippen molar-refractivity contribution in [1.82, 2.24) is 5.32 Å². The zero-order valence-electron chi connectivity index (χ0n) is 10.9. The van der Waals surface area contributed by atoms with Crippen molar-refractivity contribution in [2.75, 3.05) is 7.11 Å². The molecule has 2 rings (SSSR count).